The number of hydrogen-bond acceptors (Lipinski definition) is 4. The number of ether oxygens (including phenoxy) is 1. The van der Waals surface area contributed by atoms with E-state index in [9.17, 15) is 4.79 Å². The fourth-order valence-corrected chi connectivity index (χ4v) is 3.28. The summed E-state index contributed by atoms with van der Waals surface area (Å²) in [6.45, 7) is 2.59. The Morgan fingerprint density at radius 1 is 1.25 bits per heavy atom. The predicted molar refractivity (Wildman–Crippen MR) is 111 cm³/mol. The summed E-state index contributed by atoms with van der Waals surface area (Å²) in [5.41, 5.74) is 2.06. The normalized spacial score (nSPS) is 16.1. The first-order valence-electron chi connectivity index (χ1n) is 9.20. The van der Waals surface area contributed by atoms with Gasteiger partial charge in [-0.25, -0.2) is 0 Å². The van der Waals surface area contributed by atoms with Crippen molar-refractivity contribution in [1.82, 2.24) is 5.32 Å². The molecule has 2 aromatic carbocycles. The second-order valence-electron chi connectivity index (χ2n) is 6.67. The van der Waals surface area contributed by atoms with Crippen LogP contribution in [0.15, 0.2) is 54.6 Å². The van der Waals surface area contributed by atoms with E-state index >= 15 is 0 Å². The van der Waals surface area contributed by atoms with Crippen LogP contribution < -0.4 is 15.0 Å². The standard InChI is InChI=1S/C22H22ClN3O2/c23-19-4-6-20(7-5-19)26-13-11-18(16-26)15-25-22(27)10-3-17-1-8-21(9-2-17)28-14-12-24/h1-10,18H,11,13-16H2,(H,25,27)/b10-3+. The Hall–Kier alpha value is -2.97. The molecule has 1 N–H and O–H groups in total. The highest BCUT2D eigenvalue weighted by molar-refractivity contribution is 6.30. The number of anilines is 1. The van der Waals surface area contributed by atoms with E-state index in [1.165, 1.54) is 11.8 Å². The first-order chi connectivity index (χ1) is 13.6. The van der Waals surface area contributed by atoms with Gasteiger partial charge in [-0.15, -0.1) is 0 Å². The van der Waals surface area contributed by atoms with Gasteiger partial charge in [0.25, 0.3) is 0 Å². The van der Waals surface area contributed by atoms with Gasteiger partial charge in [-0.3, -0.25) is 4.79 Å². The number of nitrogens with zero attached hydrogens (tertiary/aromatic N) is 2. The molecule has 5 nitrogen and oxygen atoms in total. The molecule has 1 amide bonds. The van der Waals surface area contributed by atoms with Crippen LogP contribution in [0.2, 0.25) is 5.02 Å². The molecule has 28 heavy (non-hydrogen) atoms. The average molecular weight is 396 g/mol. The van der Waals surface area contributed by atoms with E-state index in [4.69, 9.17) is 21.6 Å². The van der Waals surface area contributed by atoms with Gasteiger partial charge in [0.15, 0.2) is 6.61 Å². The van der Waals surface area contributed by atoms with Crippen molar-refractivity contribution in [1.29, 1.82) is 5.26 Å². The first kappa shape index (κ1) is 19.8. The van der Waals surface area contributed by atoms with Crippen LogP contribution in [0.4, 0.5) is 5.69 Å². The number of benzene rings is 2. The highest BCUT2D eigenvalue weighted by atomic mass is 35.5. The zero-order chi connectivity index (χ0) is 19.8. The smallest absolute Gasteiger partial charge is 0.244 e. The number of halogens is 1. The largest absolute Gasteiger partial charge is 0.479 e. The monoisotopic (exact) mass is 395 g/mol. The number of hydrogen-bond donors (Lipinski definition) is 1. The van der Waals surface area contributed by atoms with Gasteiger partial charge >= 0.3 is 0 Å². The Labute approximate surface area is 170 Å². The third-order valence-electron chi connectivity index (χ3n) is 4.65. The summed E-state index contributed by atoms with van der Waals surface area (Å²) in [5, 5.41) is 12.2. The van der Waals surface area contributed by atoms with Crippen LogP contribution in [0.25, 0.3) is 6.08 Å². The van der Waals surface area contributed by atoms with Crippen molar-refractivity contribution in [2.75, 3.05) is 31.1 Å². The van der Waals surface area contributed by atoms with E-state index in [1.807, 2.05) is 42.5 Å². The van der Waals surface area contributed by atoms with E-state index in [2.05, 4.69) is 10.2 Å². The third-order valence-corrected chi connectivity index (χ3v) is 4.91. The SMILES string of the molecule is N#CCOc1ccc(/C=C/C(=O)NCC2CCN(c3ccc(Cl)cc3)C2)cc1. The van der Waals surface area contributed by atoms with Gasteiger partial charge in [0.05, 0.1) is 0 Å². The predicted octanol–water partition coefficient (Wildman–Crippen LogP) is 3.90. The molecule has 6 heteroatoms. The van der Waals surface area contributed by atoms with Crippen molar-refractivity contribution < 1.29 is 9.53 Å². The highest BCUT2D eigenvalue weighted by Gasteiger charge is 2.22. The molecule has 1 fully saturated rings. The maximum absolute atomic E-state index is 12.1. The summed E-state index contributed by atoms with van der Waals surface area (Å²) in [6, 6.07) is 17.0. The number of nitrogens with one attached hydrogen (secondary N) is 1. The van der Waals surface area contributed by atoms with Gasteiger partial charge in [0, 0.05) is 36.4 Å². The van der Waals surface area contributed by atoms with Crippen LogP contribution in [0.1, 0.15) is 12.0 Å². The Morgan fingerprint density at radius 3 is 2.71 bits per heavy atom. The van der Waals surface area contributed by atoms with Gasteiger partial charge in [0.2, 0.25) is 5.91 Å². The molecule has 3 rings (SSSR count). The summed E-state index contributed by atoms with van der Waals surface area (Å²) in [7, 11) is 0. The number of nitriles is 1. The zero-order valence-electron chi connectivity index (χ0n) is 15.5. The summed E-state index contributed by atoms with van der Waals surface area (Å²) in [4.78, 5) is 14.4. The molecule has 0 bridgehead atoms. The molecule has 0 radical (unpaired) electrons. The minimum absolute atomic E-state index is 0.0220. The molecular formula is C22H22ClN3O2. The Morgan fingerprint density at radius 2 is 2.00 bits per heavy atom. The second-order valence-corrected chi connectivity index (χ2v) is 7.11. The van der Waals surface area contributed by atoms with Gasteiger partial charge < -0.3 is 15.0 Å². The van der Waals surface area contributed by atoms with Crippen molar-refractivity contribution in [2.45, 2.75) is 6.42 Å². The fraction of sp³-hybridized carbons (Fsp3) is 0.273. The van der Waals surface area contributed by atoms with Crippen LogP contribution in [-0.4, -0.2) is 32.1 Å². The quantitative estimate of drug-likeness (QED) is 0.722. The van der Waals surface area contributed by atoms with Gasteiger partial charge in [-0.05, 0) is 60.4 Å². The molecule has 1 heterocycles. The van der Waals surface area contributed by atoms with E-state index in [0.717, 1.165) is 30.1 Å². The van der Waals surface area contributed by atoms with Crippen molar-refractivity contribution in [3.05, 3.63) is 65.2 Å². The molecule has 1 aliphatic rings. The lowest BCUT2D eigenvalue weighted by Gasteiger charge is -2.18. The lowest BCUT2D eigenvalue weighted by molar-refractivity contribution is -0.116. The molecule has 144 valence electrons. The van der Waals surface area contributed by atoms with Crippen molar-refractivity contribution in [3.8, 4) is 11.8 Å². The lowest BCUT2D eigenvalue weighted by atomic mass is 10.1. The number of carbonyl (C=O) groups is 1. The topological polar surface area (TPSA) is 65.4 Å². The molecule has 0 aromatic heterocycles. The zero-order valence-corrected chi connectivity index (χ0v) is 16.2. The second kappa shape index (κ2) is 9.82. The third kappa shape index (κ3) is 5.77. The van der Waals surface area contributed by atoms with Gasteiger partial charge in [-0.2, -0.15) is 5.26 Å². The van der Waals surface area contributed by atoms with Crippen molar-refractivity contribution in [3.63, 3.8) is 0 Å². The minimum atomic E-state index is -0.102. The Kier molecular flexibility index (Phi) is 6.94. The summed E-state index contributed by atoms with van der Waals surface area (Å²) in [6.07, 6.45) is 4.35. The lowest BCUT2D eigenvalue weighted by Crippen LogP contribution is -2.29. The van der Waals surface area contributed by atoms with E-state index in [0.29, 0.717) is 18.2 Å². The van der Waals surface area contributed by atoms with Crippen molar-refractivity contribution >= 4 is 29.3 Å². The summed E-state index contributed by atoms with van der Waals surface area (Å²) >= 11 is 5.94. The average Bonchev–Trinajstić information content (AvgIpc) is 3.19. The molecule has 1 unspecified atom stereocenters. The maximum Gasteiger partial charge on any atom is 0.244 e. The summed E-state index contributed by atoms with van der Waals surface area (Å²) < 4.78 is 5.20. The summed E-state index contributed by atoms with van der Waals surface area (Å²) in [5.74, 6) is 0.967. The molecule has 1 aliphatic heterocycles. The molecular weight excluding hydrogens is 374 g/mol. The molecule has 0 saturated carbocycles. The molecule has 1 saturated heterocycles. The van der Waals surface area contributed by atoms with Crippen molar-refractivity contribution in [2.24, 2.45) is 5.92 Å². The van der Waals surface area contributed by atoms with Crippen LogP contribution in [0.3, 0.4) is 0 Å². The van der Waals surface area contributed by atoms with E-state index in [-0.39, 0.29) is 12.5 Å². The maximum atomic E-state index is 12.1. The fourth-order valence-electron chi connectivity index (χ4n) is 3.15. The van der Waals surface area contributed by atoms with E-state index < -0.39 is 0 Å². The van der Waals surface area contributed by atoms with Crippen LogP contribution >= 0.6 is 11.6 Å². The van der Waals surface area contributed by atoms with E-state index in [1.54, 1.807) is 18.2 Å². The first-order valence-corrected chi connectivity index (χ1v) is 9.58. The van der Waals surface area contributed by atoms with Crippen LogP contribution in [0, 0.1) is 17.2 Å². The number of rotatable bonds is 7. The Balaban J connectivity index is 1.42. The molecule has 0 spiro atoms. The molecule has 2 aromatic rings. The molecule has 1 atom stereocenters. The van der Waals surface area contributed by atoms with Crippen LogP contribution in [0.5, 0.6) is 5.75 Å². The van der Waals surface area contributed by atoms with Crippen LogP contribution in [-0.2, 0) is 4.79 Å². The number of carbonyl (C=O) groups excluding carboxylic acids is 1. The van der Waals surface area contributed by atoms with Gasteiger partial charge in [0.1, 0.15) is 11.8 Å². The minimum Gasteiger partial charge on any atom is -0.479 e. The highest BCUT2D eigenvalue weighted by Crippen LogP contribution is 2.24. The van der Waals surface area contributed by atoms with Gasteiger partial charge in [-0.1, -0.05) is 23.7 Å². The Bertz CT molecular complexity index is 857. The number of amides is 1. The molecule has 0 aliphatic carbocycles.